The molecule has 0 aliphatic carbocycles. The number of methoxy groups -OCH3 is 1. The van der Waals surface area contributed by atoms with Crippen molar-refractivity contribution in [2.45, 2.75) is 6.42 Å². The van der Waals surface area contributed by atoms with Gasteiger partial charge < -0.3 is 19.9 Å². The maximum absolute atomic E-state index is 12.2. The molecular weight excluding hydrogens is 308 g/mol. The number of rotatable bonds is 7. The molecule has 2 aromatic rings. The van der Waals surface area contributed by atoms with Crippen molar-refractivity contribution in [2.75, 3.05) is 34.3 Å². The van der Waals surface area contributed by atoms with Gasteiger partial charge in [-0.2, -0.15) is 4.98 Å². The lowest BCUT2D eigenvalue weighted by Gasteiger charge is -2.10. The van der Waals surface area contributed by atoms with Crippen LogP contribution in [0.25, 0.3) is 11.3 Å². The van der Waals surface area contributed by atoms with Gasteiger partial charge in [-0.15, -0.1) is 0 Å². The maximum atomic E-state index is 12.2. The molecule has 1 heterocycles. The van der Waals surface area contributed by atoms with Gasteiger partial charge in [-0.05, 0) is 57.4 Å². The summed E-state index contributed by atoms with van der Waals surface area (Å²) in [5.41, 5.74) is 0.829. The molecule has 1 aromatic carbocycles. The molecule has 7 heteroatoms. The Bertz CT molecular complexity index is 738. The smallest absolute Gasteiger partial charge is 0.346 e. The van der Waals surface area contributed by atoms with E-state index in [-0.39, 0.29) is 11.6 Å². The van der Waals surface area contributed by atoms with Crippen LogP contribution in [0.2, 0.25) is 0 Å². The number of hydrogen-bond acceptors (Lipinski definition) is 5. The number of carbonyl (C=O) groups is 1. The van der Waals surface area contributed by atoms with Crippen LogP contribution in [-0.4, -0.2) is 55.1 Å². The normalized spacial score (nSPS) is 10.7. The zero-order valence-electron chi connectivity index (χ0n) is 14.1. The monoisotopic (exact) mass is 330 g/mol. The van der Waals surface area contributed by atoms with E-state index in [1.165, 1.54) is 0 Å². The molecule has 0 atom stereocenters. The van der Waals surface area contributed by atoms with Crippen LogP contribution in [0.3, 0.4) is 0 Å². The molecule has 0 bridgehead atoms. The zero-order valence-corrected chi connectivity index (χ0v) is 14.1. The second-order valence-corrected chi connectivity index (χ2v) is 5.63. The van der Waals surface area contributed by atoms with Crippen molar-refractivity contribution < 1.29 is 9.53 Å². The summed E-state index contributed by atoms with van der Waals surface area (Å²) in [6.07, 6.45) is 0.833. The molecule has 0 spiro atoms. The number of nitrogens with zero attached hydrogens (tertiary/aromatic N) is 2. The van der Waals surface area contributed by atoms with E-state index in [0.717, 1.165) is 18.5 Å². The van der Waals surface area contributed by atoms with E-state index >= 15 is 0 Å². The molecule has 2 N–H and O–H groups in total. The van der Waals surface area contributed by atoms with Crippen molar-refractivity contribution in [1.82, 2.24) is 20.2 Å². The van der Waals surface area contributed by atoms with Gasteiger partial charge in [0.1, 0.15) is 11.4 Å². The fourth-order valence-corrected chi connectivity index (χ4v) is 2.18. The molecule has 0 saturated heterocycles. The van der Waals surface area contributed by atoms with Crippen LogP contribution in [0.5, 0.6) is 5.75 Å². The van der Waals surface area contributed by atoms with Crippen LogP contribution >= 0.6 is 0 Å². The molecule has 0 unspecified atom stereocenters. The van der Waals surface area contributed by atoms with Crippen molar-refractivity contribution in [3.05, 3.63) is 46.5 Å². The van der Waals surface area contributed by atoms with Crippen LogP contribution < -0.4 is 15.7 Å². The Morgan fingerprint density at radius 2 is 2.00 bits per heavy atom. The van der Waals surface area contributed by atoms with E-state index in [4.69, 9.17) is 4.74 Å². The first-order valence-corrected chi connectivity index (χ1v) is 7.68. The second-order valence-electron chi connectivity index (χ2n) is 5.63. The Kier molecular flexibility index (Phi) is 6.08. The minimum atomic E-state index is -0.554. The summed E-state index contributed by atoms with van der Waals surface area (Å²) in [5.74, 6) is 0.394. The number of aromatic nitrogens is 2. The lowest BCUT2D eigenvalue weighted by atomic mass is 10.1. The number of aromatic amines is 1. The van der Waals surface area contributed by atoms with E-state index < -0.39 is 5.69 Å². The van der Waals surface area contributed by atoms with Crippen LogP contribution in [0.4, 0.5) is 0 Å². The van der Waals surface area contributed by atoms with Gasteiger partial charge in [0.05, 0.1) is 12.8 Å². The van der Waals surface area contributed by atoms with E-state index in [1.807, 2.05) is 19.0 Å². The van der Waals surface area contributed by atoms with E-state index in [0.29, 0.717) is 18.0 Å². The lowest BCUT2D eigenvalue weighted by molar-refractivity contribution is 0.0947. The Morgan fingerprint density at radius 3 is 2.62 bits per heavy atom. The summed E-state index contributed by atoms with van der Waals surface area (Å²) in [6.45, 7) is 1.42. The molecular formula is C17H22N4O3. The molecule has 0 aliphatic rings. The van der Waals surface area contributed by atoms with Gasteiger partial charge in [0, 0.05) is 12.1 Å². The van der Waals surface area contributed by atoms with Crippen molar-refractivity contribution >= 4 is 5.91 Å². The van der Waals surface area contributed by atoms with Crippen molar-refractivity contribution in [3.8, 4) is 17.0 Å². The topological polar surface area (TPSA) is 87.3 Å². The second kappa shape index (κ2) is 8.26. The molecule has 1 amide bonds. The van der Waals surface area contributed by atoms with Gasteiger partial charge in [0.15, 0.2) is 0 Å². The highest BCUT2D eigenvalue weighted by atomic mass is 16.5. The Morgan fingerprint density at radius 1 is 1.29 bits per heavy atom. The molecule has 0 aliphatic heterocycles. The maximum Gasteiger partial charge on any atom is 0.346 e. The summed E-state index contributed by atoms with van der Waals surface area (Å²) < 4.78 is 5.11. The first-order valence-electron chi connectivity index (χ1n) is 7.68. The minimum absolute atomic E-state index is 0.200. The molecule has 0 saturated carbocycles. The highest BCUT2D eigenvalue weighted by molar-refractivity contribution is 5.93. The Balaban J connectivity index is 2.12. The average Bonchev–Trinajstić information content (AvgIpc) is 2.58. The van der Waals surface area contributed by atoms with Gasteiger partial charge >= 0.3 is 5.69 Å². The predicted molar refractivity (Wildman–Crippen MR) is 92.3 cm³/mol. The number of hydrogen-bond donors (Lipinski definition) is 2. The third kappa shape index (κ3) is 4.92. The summed E-state index contributed by atoms with van der Waals surface area (Å²) >= 11 is 0. The average molecular weight is 330 g/mol. The molecule has 1 aromatic heterocycles. The van der Waals surface area contributed by atoms with E-state index in [9.17, 15) is 9.59 Å². The first-order chi connectivity index (χ1) is 11.5. The molecule has 7 nitrogen and oxygen atoms in total. The summed E-state index contributed by atoms with van der Waals surface area (Å²) in [4.78, 5) is 32.4. The number of ether oxygens (including phenoxy) is 1. The van der Waals surface area contributed by atoms with Crippen LogP contribution in [0.1, 0.15) is 16.9 Å². The summed E-state index contributed by atoms with van der Waals surface area (Å²) in [7, 11) is 5.53. The third-order valence-electron chi connectivity index (χ3n) is 3.44. The van der Waals surface area contributed by atoms with Crippen LogP contribution in [-0.2, 0) is 0 Å². The zero-order chi connectivity index (χ0) is 17.5. The van der Waals surface area contributed by atoms with Crippen molar-refractivity contribution in [3.63, 3.8) is 0 Å². The first kappa shape index (κ1) is 17.7. The number of nitrogens with one attached hydrogen (secondary N) is 2. The van der Waals surface area contributed by atoms with Crippen LogP contribution in [0, 0.1) is 0 Å². The molecule has 2 rings (SSSR count). The number of carbonyl (C=O) groups excluding carboxylic acids is 1. The van der Waals surface area contributed by atoms with Crippen molar-refractivity contribution in [2.24, 2.45) is 0 Å². The number of benzene rings is 1. The highest BCUT2D eigenvalue weighted by Crippen LogP contribution is 2.20. The molecule has 0 fully saturated rings. The molecule has 128 valence electrons. The van der Waals surface area contributed by atoms with E-state index in [2.05, 4.69) is 15.3 Å². The quantitative estimate of drug-likeness (QED) is 0.743. The minimum Gasteiger partial charge on any atom is -0.497 e. The fourth-order valence-electron chi connectivity index (χ4n) is 2.18. The van der Waals surface area contributed by atoms with Crippen LogP contribution in [0.15, 0.2) is 35.1 Å². The standard InChI is InChI=1S/C17H22N4O3/c1-21(2)10-4-9-18-16(22)15-11-14(19-17(23)20-15)12-5-7-13(24-3)8-6-12/h5-8,11H,4,9-10H2,1-3H3,(H,18,22)(H,19,20,23). The molecule has 0 radical (unpaired) electrons. The summed E-state index contributed by atoms with van der Waals surface area (Å²) in [6, 6.07) is 8.71. The van der Waals surface area contributed by atoms with Gasteiger partial charge in [-0.25, -0.2) is 4.79 Å². The molecule has 24 heavy (non-hydrogen) atoms. The number of H-pyrrole nitrogens is 1. The highest BCUT2D eigenvalue weighted by Gasteiger charge is 2.10. The summed E-state index contributed by atoms with van der Waals surface area (Å²) in [5, 5.41) is 2.79. The largest absolute Gasteiger partial charge is 0.497 e. The van der Waals surface area contributed by atoms with Gasteiger partial charge in [0.2, 0.25) is 0 Å². The van der Waals surface area contributed by atoms with Gasteiger partial charge in [-0.3, -0.25) is 4.79 Å². The number of amides is 1. The lowest BCUT2D eigenvalue weighted by Crippen LogP contribution is -2.29. The van der Waals surface area contributed by atoms with Crippen molar-refractivity contribution in [1.29, 1.82) is 0 Å². The van der Waals surface area contributed by atoms with Gasteiger partial charge in [0.25, 0.3) is 5.91 Å². The Labute approximate surface area is 140 Å². The fraction of sp³-hybridized carbons (Fsp3) is 0.353. The third-order valence-corrected chi connectivity index (χ3v) is 3.44. The Hall–Kier alpha value is -2.67. The predicted octanol–water partition coefficient (Wildman–Crippen LogP) is 1.13. The van der Waals surface area contributed by atoms with E-state index in [1.54, 1.807) is 37.4 Å². The SMILES string of the molecule is COc1ccc(-c2cc(C(=O)NCCCN(C)C)[nH]c(=O)n2)cc1. The van der Waals surface area contributed by atoms with Gasteiger partial charge in [-0.1, -0.05) is 0 Å².